The van der Waals surface area contributed by atoms with Gasteiger partial charge in [0.2, 0.25) is 0 Å². The Morgan fingerprint density at radius 1 is 1.23 bits per heavy atom. The summed E-state index contributed by atoms with van der Waals surface area (Å²) >= 11 is 1.08. The molecule has 2 aromatic heterocycles. The number of hydrogen-bond donors (Lipinski definition) is 0. The summed E-state index contributed by atoms with van der Waals surface area (Å²) in [5, 5.41) is 3.54. The fourth-order valence-corrected chi connectivity index (χ4v) is 3.83. The topological polar surface area (TPSA) is 38.1 Å². The Hall–Kier alpha value is -1.57. The number of likely N-dealkylation sites (tertiary alicyclic amines) is 1. The molecule has 0 atom stereocenters. The minimum absolute atomic E-state index is 0.0122. The molecule has 4 nitrogen and oxygen atoms in total. The van der Waals surface area contributed by atoms with Crippen LogP contribution in [0.1, 0.15) is 41.0 Å². The van der Waals surface area contributed by atoms with Gasteiger partial charge in [-0.1, -0.05) is 12.8 Å². The highest BCUT2D eigenvalue weighted by Gasteiger charge is 2.37. The van der Waals surface area contributed by atoms with Gasteiger partial charge in [-0.3, -0.25) is 9.48 Å². The van der Waals surface area contributed by atoms with E-state index >= 15 is 0 Å². The standard InChI is InChI=1S/C14H16F3N3OS/c1-19-13-9(11(18-19)14(15,16)17)8-10(22-13)12(21)20-6-4-2-3-5-7-20/h8H,2-7H2,1H3. The number of thiophene rings is 1. The van der Waals surface area contributed by atoms with Crippen molar-refractivity contribution in [3.8, 4) is 0 Å². The molecule has 3 rings (SSSR count). The molecule has 0 aliphatic carbocycles. The number of aromatic nitrogens is 2. The van der Waals surface area contributed by atoms with Crippen LogP contribution in [-0.2, 0) is 13.2 Å². The molecule has 2 aromatic rings. The summed E-state index contributed by atoms with van der Waals surface area (Å²) in [4.78, 5) is 15.0. The monoisotopic (exact) mass is 331 g/mol. The van der Waals surface area contributed by atoms with Crippen LogP contribution in [-0.4, -0.2) is 33.7 Å². The van der Waals surface area contributed by atoms with Crippen molar-refractivity contribution < 1.29 is 18.0 Å². The van der Waals surface area contributed by atoms with Gasteiger partial charge in [0.25, 0.3) is 5.91 Å². The number of halogens is 3. The van der Waals surface area contributed by atoms with Crippen LogP contribution >= 0.6 is 11.3 Å². The molecule has 0 unspecified atom stereocenters. The first kappa shape index (κ1) is 15.3. The molecule has 8 heteroatoms. The highest BCUT2D eigenvalue weighted by molar-refractivity contribution is 7.20. The van der Waals surface area contributed by atoms with Gasteiger partial charge in [0, 0.05) is 25.5 Å². The summed E-state index contributed by atoms with van der Waals surface area (Å²) in [5.74, 6) is -0.170. The minimum Gasteiger partial charge on any atom is -0.338 e. The van der Waals surface area contributed by atoms with Crippen LogP contribution in [0.5, 0.6) is 0 Å². The van der Waals surface area contributed by atoms with Crippen LogP contribution in [0, 0.1) is 0 Å². The first-order valence-corrected chi connectivity index (χ1v) is 8.02. The predicted octanol–water partition coefficient (Wildman–Crippen LogP) is 3.67. The van der Waals surface area contributed by atoms with E-state index in [1.807, 2.05) is 0 Å². The number of rotatable bonds is 1. The third kappa shape index (κ3) is 2.71. The van der Waals surface area contributed by atoms with Crippen LogP contribution in [0.25, 0.3) is 10.2 Å². The van der Waals surface area contributed by atoms with E-state index in [0.29, 0.717) is 22.8 Å². The Morgan fingerprint density at radius 3 is 2.45 bits per heavy atom. The summed E-state index contributed by atoms with van der Waals surface area (Å²) in [5.41, 5.74) is -0.920. The fourth-order valence-electron chi connectivity index (χ4n) is 2.79. The van der Waals surface area contributed by atoms with E-state index in [2.05, 4.69) is 5.10 Å². The van der Waals surface area contributed by atoms with Crippen LogP contribution in [0.3, 0.4) is 0 Å². The van der Waals surface area contributed by atoms with Crippen molar-refractivity contribution >= 4 is 27.5 Å². The van der Waals surface area contributed by atoms with Gasteiger partial charge < -0.3 is 4.90 Å². The summed E-state index contributed by atoms with van der Waals surface area (Å²) in [6.45, 7) is 1.36. The lowest BCUT2D eigenvalue weighted by Crippen LogP contribution is -2.31. The van der Waals surface area contributed by atoms with Gasteiger partial charge in [-0.2, -0.15) is 18.3 Å². The van der Waals surface area contributed by atoms with Gasteiger partial charge >= 0.3 is 6.18 Å². The molecule has 22 heavy (non-hydrogen) atoms. The normalized spacial score (nSPS) is 17.0. The Morgan fingerprint density at radius 2 is 1.86 bits per heavy atom. The number of fused-ring (bicyclic) bond motifs is 1. The van der Waals surface area contributed by atoms with Crippen LogP contribution < -0.4 is 0 Å². The van der Waals surface area contributed by atoms with Gasteiger partial charge in [-0.25, -0.2) is 0 Å². The predicted molar refractivity (Wildman–Crippen MR) is 78.0 cm³/mol. The number of carbonyl (C=O) groups excluding carboxylic acids is 1. The lowest BCUT2D eigenvalue weighted by Gasteiger charge is -2.19. The molecule has 0 radical (unpaired) electrons. The molecule has 0 saturated carbocycles. The van der Waals surface area contributed by atoms with Gasteiger partial charge in [-0.05, 0) is 18.9 Å². The van der Waals surface area contributed by atoms with E-state index in [1.54, 1.807) is 4.90 Å². The van der Waals surface area contributed by atoms with E-state index in [9.17, 15) is 18.0 Å². The van der Waals surface area contributed by atoms with Gasteiger partial charge in [-0.15, -0.1) is 11.3 Å². The molecule has 1 fully saturated rings. The van der Waals surface area contributed by atoms with Crippen molar-refractivity contribution in [2.75, 3.05) is 13.1 Å². The molecule has 120 valence electrons. The SMILES string of the molecule is Cn1nc(C(F)(F)F)c2cc(C(=O)N3CCCCCC3)sc21. The van der Waals surface area contributed by atoms with Crippen molar-refractivity contribution in [2.24, 2.45) is 7.05 Å². The molecule has 1 saturated heterocycles. The zero-order chi connectivity index (χ0) is 15.9. The van der Waals surface area contributed by atoms with E-state index in [-0.39, 0.29) is 11.3 Å². The van der Waals surface area contributed by atoms with Gasteiger partial charge in [0.15, 0.2) is 5.69 Å². The Balaban J connectivity index is 1.96. The molecule has 0 bridgehead atoms. The zero-order valence-corrected chi connectivity index (χ0v) is 12.9. The summed E-state index contributed by atoms with van der Waals surface area (Å²) in [6.07, 6.45) is -0.418. The van der Waals surface area contributed by atoms with Gasteiger partial charge in [0.05, 0.1) is 4.88 Å². The maximum atomic E-state index is 13.0. The second kappa shape index (κ2) is 5.57. The molecular formula is C14H16F3N3OS. The van der Waals surface area contributed by atoms with Crippen LogP contribution in [0.4, 0.5) is 13.2 Å². The van der Waals surface area contributed by atoms with Crippen molar-refractivity contribution in [3.05, 3.63) is 16.6 Å². The Kier molecular flexibility index (Phi) is 3.88. The zero-order valence-electron chi connectivity index (χ0n) is 12.1. The molecule has 3 heterocycles. The van der Waals surface area contributed by atoms with Crippen molar-refractivity contribution in [3.63, 3.8) is 0 Å². The van der Waals surface area contributed by atoms with E-state index < -0.39 is 11.9 Å². The average molecular weight is 331 g/mol. The number of nitrogens with zero attached hydrogens (tertiary/aromatic N) is 3. The molecular weight excluding hydrogens is 315 g/mol. The maximum absolute atomic E-state index is 13.0. The Labute approximate surface area is 129 Å². The largest absolute Gasteiger partial charge is 0.435 e. The first-order valence-electron chi connectivity index (χ1n) is 7.21. The molecule has 0 spiro atoms. The van der Waals surface area contributed by atoms with Crippen molar-refractivity contribution in [1.29, 1.82) is 0 Å². The third-order valence-corrected chi connectivity index (χ3v) is 5.07. The lowest BCUT2D eigenvalue weighted by molar-refractivity contribution is -0.140. The molecule has 1 aliphatic rings. The highest BCUT2D eigenvalue weighted by Crippen LogP contribution is 2.37. The number of carbonyl (C=O) groups is 1. The number of amides is 1. The first-order chi connectivity index (χ1) is 10.4. The quantitative estimate of drug-likeness (QED) is 0.800. The number of aryl methyl sites for hydroxylation is 1. The average Bonchev–Trinajstić information content (AvgIpc) is 2.87. The van der Waals surface area contributed by atoms with Crippen LogP contribution in [0.15, 0.2) is 6.07 Å². The maximum Gasteiger partial charge on any atom is 0.435 e. The summed E-state index contributed by atoms with van der Waals surface area (Å²) < 4.78 is 40.1. The van der Waals surface area contributed by atoms with E-state index in [4.69, 9.17) is 0 Å². The van der Waals surface area contributed by atoms with Crippen LogP contribution in [0.2, 0.25) is 0 Å². The smallest absolute Gasteiger partial charge is 0.338 e. The fraction of sp³-hybridized carbons (Fsp3) is 0.571. The summed E-state index contributed by atoms with van der Waals surface area (Å²) in [7, 11) is 1.47. The van der Waals surface area contributed by atoms with E-state index in [1.165, 1.54) is 17.8 Å². The van der Waals surface area contributed by atoms with Crippen molar-refractivity contribution in [1.82, 2.24) is 14.7 Å². The molecule has 1 amide bonds. The molecule has 0 N–H and O–H groups in total. The summed E-state index contributed by atoms with van der Waals surface area (Å²) in [6, 6.07) is 1.34. The highest BCUT2D eigenvalue weighted by atomic mass is 32.1. The Bertz CT molecular complexity index is 696. The van der Waals surface area contributed by atoms with Crippen molar-refractivity contribution in [2.45, 2.75) is 31.9 Å². The van der Waals surface area contributed by atoms with E-state index in [0.717, 1.165) is 37.0 Å². The van der Waals surface area contributed by atoms with Gasteiger partial charge in [0.1, 0.15) is 4.83 Å². The number of hydrogen-bond acceptors (Lipinski definition) is 3. The number of alkyl halides is 3. The minimum atomic E-state index is -4.51. The second-order valence-corrected chi connectivity index (χ2v) is 6.54. The second-order valence-electron chi connectivity index (χ2n) is 5.51. The molecule has 1 aliphatic heterocycles. The lowest BCUT2D eigenvalue weighted by atomic mass is 10.2. The third-order valence-electron chi connectivity index (χ3n) is 3.88. The molecule has 0 aromatic carbocycles.